The second kappa shape index (κ2) is 9.17. The second-order valence-electron chi connectivity index (χ2n) is 6.63. The van der Waals surface area contributed by atoms with E-state index in [4.69, 9.17) is 16.3 Å². The molecule has 2 aromatic rings. The van der Waals surface area contributed by atoms with E-state index in [2.05, 4.69) is 22.0 Å². The van der Waals surface area contributed by atoms with Crippen molar-refractivity contribution < 1.29 is 14.6 Å². The predicted molar refractivity (Wildman–Crippen MR) is 113 cm³/mol. The lowest BCUT2D eigenvalue weighted by molar-refractivity contribution is 0.102. The van der Waals surface area contributed by atoms with Crippen molar-refractivity contribution in [2.75, 3.05) is 49.5 Å². The van der Waals surface area contributed by atoms with Gasteiger partial charge in [-0.25, -0.2) is 0 Å². The number of anilines is 2. The number of carbonyl (C=O) groups is 1. The number of ether oxygens (including phenoxy) is 1. The van der Waals surface area contributed by atoms with Crippen LogP contribution in [0, 0.1) is 0 Å². The average Bonchev–Trinajstić information content (AvgIpc) is 2.72. The van der Waals surface area contributed by atoms with Crippen molar-refractivity contribution >= 4 is 28.9 Å². The number of aromatic hydroxyl groups is 1. The second-order valence-corrected chi connectivity index (χ2v) is 7.04. The minimum absolute atomic E-state index is 0.0834. The van der Waals surface area contributed by atoms with Crippen LogP contribution in [0.25, 0.3) is 0 Å². The van der Waals surface area contributed by atoms with E-state index in [0.29, 0.717) is 12.2 Å². The number of amides is 1. The van der Waals surface area contributed by atoms with Crippen molar-refractivity contribution in [2.24, 2.45) is 0 Å². The number of likely N-dealkylation sites (N-methyl/N-ethyl adjacent to an activating group) is 1. The topological polar surface area (TPSA) is 65.0 Å². The molecule has 0 spiro atoms. The number of benzene rings is 2. The number of halogens is 1. The normalized spacial score (nSPS) is 14.8. The van der Waals surface area contributed by atoms with Gasteiger partial charge in [-0.3, -0.25) is 4.79 Å². The third-order valence-corrected chi connectivity index (χ3v) is 5.19. The van der Waals surface area contributed by atoms with Crippen molar-refractivity contribution in [3.63, 3.8) is 0 Å². The Morgan fingerprint density at radius 1 is 1.18 bits per heavy atom. The molecule has 0 radical (unpaired) electrons. The summed E-state index contributed by atoms with van der Waals surface area (Å²) in [7, 11) is 0. The number of carbonyl (C=O) groups excluding carboxylic acids is 1. The van der Waals surface area contributed by atoms with Crippen LogP contribution in [0.3, 0.4) is 0 Å². The molecule has 2 aromatic carbocycles. The zero-order chi connectivity index (χ0) is 20.1. The van der Waals surface area contributed by atoms with Gasteiger partial charge in [0.15, 0.2) is 11.5 Å². The van der Waals surface area contributed by atoms with Crippen LogP contribution in [0.1, 0.15) is 24.2 Å². The maximum atomic E-state index is 12.8. The highest BCUT2D eigenvalue weighted by atomic mass is 35.5. The molecule has 1 saturated heterocycles. The molecule has 0 saturated carbocycles. The molecule has 6 nitrogen and oxygen atoms in total. The number of hydrogen-bond donors (Lipinski definition) is 2. The van der Waals surface area contributed by atoms with Crippen LogP contribution in [0.15, 0.2) is 36.4 Å². The third-order valence-electron chi connectivity index (χ3n) is 4.90. The molecule has 0 aliphatic carbocycles. The van der Waals surface area contributed by atoms with E-state index in [9.17, 15) is 9.90 Å². The minimum atomic E-state index is -0.303. The maximum absolute atomic E-state index is 12.8. The van der Waals surface area contributed by atoms with Crippen LogP contribution in [0.5, 0.6) is 11.5 Å². The van der Waals surface area contributed by atoms with Crippen molar-refractivity contribution in [1.82, 2.24) is 4.90 Å². The molecule has 150 valence electrons. The van der Waals surface area contributed by atoms with Crippen molar-refractivity contribution in [3.05, 3.63) is 47.0 Å². The van der Waals surface area contributed by atoms with Gasteiger partial charge in [-0.2, -0.15) is 0 Å². The van der Waals surface area contributed by atoms with Crippen LogP contribution >= 0.6 is 11.6 Å². The quantitative estimate of drug-likeness (QED) is 0.767. The molecule has 2 N–H and O–H groups in total. The van der Waals surface area contributed by atoms with Gasteiger partial charge < -0.3 is 25.0 Å². The largest absolute Gasteiger partial charge is 0.503 e. The molecule has 1 amide bonds. The van der Waals surface area contributed by atoms with Gasteiger partial charge in [-0.15, -0.1) is 0 Å². The van der Waals surface area contributed by atoms with Gasteiger partial charge in [-0.05, 0) is 37.7 Å². The molecular formula is C21H26ClN3O3. The fraction of sp³-hybridized carbons (Fsp3) is 0.381. The number of piperazine rings is 1. The Hall–Kier alpha value is -2.44. The van der Waals surface area contributed by atoms with E-state index >= 15 is 0 Å². The van der Waals surface area contributed by atoms with Crippen molar-refractivity contribution in [3.8, 4) is 11.5 Å². The fourth-order valence-electron chi connectivity index (χ4n) is 3.33. The lowest BCUT2D eigenvalue weighted by Crippen LogP contribution is -2.46. The molecule has 1 fully saturated rings. The number of phenols is 1. The van der Waals surface area contributed by atoms with Gasteiger partial charge >= 0.3 is 0 Å². The Balaban J connectivity index is 1.80. The Labute approximate surface area is 170 Å². The lowest BCUT2D eigenvalue weighted by Gasteiger charge is -2.36. The van der Waals surface area contributed by atoms with Crippen LogP contribution in [0.4, 0.5) is 11.4 Å². The van der Waals surface area contributed by atoms with Crippen molar-refractivity contribution in [1.29, 1.82) is 0 Å². The van der Waals surface area contributed by atoms with E-state index in [1.165, 1.54) is 12.1 Å². The summed E-state index contributed by atoms with van der Waals surface area (Å²) >= 11 is 6.06. The Kier molecular flexibility index (Phi) is 6.65. The Morgan fingerprint density at radius 3 is 2.57 bits per heavy atom. The number of nitrogens with zero attached hydrogens (tertiary/aromatic N) is 2. The van der Waals surface area contributed by atoms with Gasteiger partial charge in [0, 0.05) is 31.7 Å². The Bertz CT molecular complexity index is 836. The van der Waals surface area contributed by atoms with E-state index in [0.717, 1.165) is 44.1 Å². The van der Waals surface area contributed by atoms with Crippen LogP contribution in [-0.2, 0) is 0 Å². The van der Waals surface area contributed by atoms with Gasteiger partial charge in [0.25, 0.3) is 5.91 Å². The molecule has 0 atom stereocenters. The monoisotopic (exact) mass is 403 g/mol. The summed E-state index contributed by atoms with van der Waals surface area (Å²) in [6.07, 6.45) is 0. The summed E-state index contributed by atoms with van der Waals surface area (Å²) in [5, 5.41) is 13.0. The molecule has 7 heteroatoms. The Morgan fingerprint density at radius 2 is 1.89 bits per heavy atom. The zero-order valence-corrected chi connectivity index (χ0v) is 17.0. The molecule has 28 heavy (non-hydrogen) atoms. The fourth-order valence-corrected chi connectivity index (χ4v) is 3.54. The number of hydrogen-bond acceptors (Lipinski definition) is 5. The first kappa shape index (κ1) is 20.3. The molecular weight excluding hydrogens is 378 g/mol. The molecule has 1 aliphatic rings. The first-order valence-electron chi connectivity index (χ1n) is 9.56. The van der Waals surface area contributed by atoms with E-state index in [1.54, 1.807) is 6.92 Å². The molecule has 3 rings (SSSR count). The summed E-state index contributed by atoms with van der Waals surface area (Å²) in [6.45, 7) is 9.23. The SMILES string of the molecule is CCOc1cc(C(=O)Nc2ccccc2N2CCN(CC)CC2)cc(Cl)c1O. The van der Waals surface area contributed by atoms with E-state index in [1.807, 2.05) is 24.3 Å². The van der Waals surface area contributed by atoms with Gasteiger partial charge in [0.1, 0.15) is 0 Å². The number of para-hydroxylation sites is 2. The molecule has 0 unspecified atom stereocenters. The van der Waals surface area contributed by atoms with Crippen LogP contribution in [-0.4, -0.2) is 55.2 Å². The number of nitrogens with one attached hydrogen (secondary N) is 1. The predicted octanol–water partition coefficient (Wildman–Crippen LogP) is 3.84. The summed E-state index contributed by atoms with van der Waals surface area (Å²) in [5.41, 5.74) is 2.08. The smallest absolute Gasteiger partial charge is 0.255 e. The van der Waals surface area contributed by atoms with Gasteiger partial charge in [0.2, 0.25) is 0 Å². The minimum Gasteiger partial charge on any atom is -0.503 e. The zero-order valence-electron chi connectivity index (χ0n) is 16.2. The van der Waals surface area contributed by atoms with E-state index < -0.39 is 0 Å². The van der Waals surface area contributed by atoms with Crippen molar-refractivity contribution in [2.45, 2.75) is 13.8 Å². The standard InChI is InChI=1S/C21H26ClN3O3/c1-3-24-9-11-25(12-10-24)18-8-6-5-7-17(18)23-21(27)15-13-16(22)20(26)19(14-15)28-4-2/h5-8,13-14,26H,3-4,9-12H2,1-2H3,(H,23,27). The molecule has 1 heterocycles. The summed E-state index contributed by atoms with van der Waals surface area (Å²) in [6, 6.07) is 10.7. The molecule has 1 aliphatic heterocycles. The highest BCUT2D eigenvalue weighted by Gasteiger charge is 2.20. The van der Waals surface area contributed by atoms with Crippen LogP contribution in [0.2, 0.25) is 5.02 Å². The highest BCUT2D eigenvalue weighted by Crippen LogP contribution is 2.36. The summed E-state index contributed by atoms with van der Waals surface area (Å²) < 4.78 is 5.37. The van der Waals surface area contributed by atoms with Gasteiger partial charge in [0.05, 0.1) is 23.0 Å². The number of phenolic OH excluding ortho intramolecular Hbond substituents is 1. The molecule has 0 aromatic heterocycles. The first-order chi connectivity index (χ1) is 13.5. The summed E-state index contributed by atoms with van der Waals surface area (Å²) in [4.78, 5) is 17.5. The lowest BCUT2D eigenvalue weighted by atomic mass is 10.1. The van der Waals surface area contributed by atoms with E-state index in [-0.39, 0.29) is 22.4 Å². The van der Waals surface area contributed by atoms with Gasteiger partial charge in [-0.1, -0.05) is 30.7 Å². The summed E-state index contributed by atoms with van der Waals surface area (Å²) in [5.74, 6) is -0.263. The van der Waals surface area contributed by atoms with Crippen LogP contribution < -0.4 is 15.0 Å². The highest BCUT2D eigenvalue weighted by molar-refractivity contribution is 6.32. The first-order valence-corrected chi connectivity index (χ1v) is 9.94. The molecule has 0 bridgehead atoms. The average molecular weight is 404 g/mol. The maximum Gasteiger partial charge on any atom is 0.255 e. The number of rotatable bonds is 6. The third kappa shape index (κ3) is 4.51.